The zero-order valence-corrected chi connectivity index (χ0v) is 12.9. The number of aromatic nitrogens is 5. The average molecular weight is 306 g/mol. The Bertz CT molecular complexity index is 616. The third-order valence-electron chi connectivity index (χ3n) is 4.09. The van der Waals surface area contributed by atoms with Crippen LogP contribution < -0.4 is 5.32 Å². The van der Waals surface area contributed by atoms with Gasteiger partial charge in [-0.05, 0) is 26.7 Å². The van der Waals surface area contributed by atoms with Crippen LogP contribution in [0, 0.1) is 6.92 Å². The molecular weight excluding hydrogens is 288 g/mol. The molecule has 0 bridgehead atoms. The molecule has 1 aliphatic carbocycles. The standard InChI is InChI=1S/C13H18N6OS/c1-8(10-7-21-9(2)15-10)14-12(20)13(5-3-4-6-13)11-16-18-19-17-11/h7-8H,3-6H2,1-2H3,(H,14,20)(H,16,17,18,19). The van der Waals surface area contributed by atoms with Crippen LogP contribution in [0.5, 0.6) is 0 Å². The molecule has 21 heavy (non-hydrogen) atoms. The van der Waals surface area contributed by atoms with Gasteiger partial charge in [0.1, 0.15) is 5.41 Å². The Labute approximate surface area is 126 Å². The molecule has 7 nitrogen and oxygen atoms in total. The largest absolute Gasteiger partial charge is 0.347 e. The first kappa shape index (κ1) is 14.1. The van der Waals surface area contributed by atoms with Crippen molar-refractivity contribution in [1.29, 1.82) is 0 Å². The van der Waals surface area contributed by atoms with Crippen LogP contribution in [-0.2, 0) is 10.2 Å². The summed E-state index contributed by atoms with van der Waals surface area (Å²) in [6.45, 7) is 3.91. The van der Waals surface area contributed by atoms with Gasteiger partial charge in [0.2, 0.25) is 5.91 Å². The van der Waals surface area contributed by atoms with Gasteiger partial charge in [0.25, 0.3) is 0 Å². The third kappa shape index (κ3) is 2.55. The average Bonchev–Trinajstić information content (AvgIpc) is 3.20. The number of hydrogen-bond donors (Lipinski definition) is 2. The van der Waals surface area contributed by atoms with Gasteiger partial charge >= 0.3 is 0 Å². The fourth-order valence-corrected chi connectivity index (χ4v) is 3.59. The van der Waals surface area contributed by atoms with Gasteiger partial charge < -0.3 is 5.32 Å². The van der Waals surface area contributed by atoms with E-state index in [0.717, 1.165) is 36.4 Å². The van der Waals surface area contributed by atoms with Gasteiger partial charge in [0.15, 0.2) is 5.82 Å². The summed E-state index contributed by atoms with van der Waals surface area (Å²) < 4.78 is 0. The monoisotopic (exact) mass is 306 g/mol. The topological polar surface area (TPSA) is 96.5 Å². The summed E-state index contributed by atoms with van der Waals surface area (Å²) in [6.07, 6.45) is 3.54. The van der Waals surface area contributed by atoms with Gasteiger partial charge in [-0.2, -0.15) is 5.21 Å². The summed E-state index contributed by atoms with van der Waals surface area (Å²) in [4.78, 5) is 17.2. The highest BCUT2D eigenvalue weighted by Crippen LogP contribution is 2.39. The lowest BCUT2D eigenvalue weighted by Gasteiger charge is -2.25. The number of aryl methyl sites for hydroxylation is 1. The molecule has 0 saturated heterocycles. The maximum absolute atomic E-state index is 12.8. The molecule has 1 fully saturated rings. The molecule has 0 aliphatic heterocycles. The predicted octanol–water partition coefficient (Wildman–Crippen LogP) is 1.65. The molecule has 1 atom stereocenters. The second kappa shape index (κ2) is 5.51. The Hall–Kier alpha value is -1.83. The molecule has 112 valence electrons. The van der Waals surface area contributed by atoms with Gasteiger partial charge in [-0.1, -0.05) is 18.1 Å². The SMILES string of the molecule is Cc1nc(C(C)NC(=O)C2(c3nn[nH]n3)CCCC2)cs1. The highest BCUT2D eigenvalue weighted by molar-refractivity contribution is 7.09. The molecule has 0 radical (unpaired) electrons. The summed E-state index contributed by atoms with van der Waals surface area (Å²) >= 11 is 1.59. The highest BCUT2D eigenvalue weighted by atomic mass is 32.1. The molecule has 3 rings (SSSR count). The van der Waals surface area contributed by atoms with Crippen LogP contribution in [0.25, 0.3) is 0 Å². The lowest BCUT2D eigenvalue weighted by atomic mass is 9.84. The second-order valence-electron chi connectivity index (χ2n) is 5.51. The van der Waals surface area contributed by atoms with Crippen molar-refractivity contribution in [3.05, 3.63) is 21.9 Å². The van der Waals surface area contributed by atoms with E-state index in [2.05, 4.69) is 30.9 Å². The molecule has 0 spiro atoms. The first-order valence-corrected chi connectivity index (χ1v) is 7.97. The number of rotatable bonds is 4. The van der Waals surface area contributed by atoms with Crippen LogP contribution in [0.2, 0.25) is 0 Å². The molecule has 1 unspecified atom stereocenters. The molecular formula is C13H18N6OS. The summed E-state index contributed by atoms with van der Waals surface area (Å²) in [6, 6.07) is -0.119. The maximum atomic E-state index is 12.8. The number of carbonyl (C=O) groups is 1. The summed E-state index contributed by atoms with van der Waals surface area (Å²) in [7, 11) is 0. The normalized spacial score (nSPS) is 18.6. The lowest BCUT2D eigenvalue weighted by molar-refractivity contribution is -0.127. The van der Waals surface area contributed by atoms with E-state index < -0.39 is 5.41 Å². The van der Waals surface area contributed by atoms with Gasteiger partial charge in [-0.15, -0.1) is 21.5 Å². The molecule has 2 N–H and O–H groups in total. The van der Waals surface area contributed by atoms with E-state index in [1.54, 1.807) is 11.3 Å². The Kier molecular flexibility index (Phi) is 3.71. The highest BCUT2D eigenvalue weighted by Gasteiger charge is 2.46. The van der Waals surface area contributed by atoms with Gasteiger partial charge in [-0.3, -0.25) is 4.79 Å². The number of hydrogen-bond acceptors (Lipinski definition) is 6. The van der Waals surface area contributed by atoms with Crippen LogP contribution in [0.3, 0.4) is 0 Å². The molecule has 2 aromatic rings. The summed E-state index contributed by atoms with van der Waals surface area (Å²) in [5.74, 6) is 0.471. The van der Waals surface area contributed by atoms with Crippen molar-refractivity contribution < 1.29 is 4.79 Å². The minimum Gasteiger partial charge on any atom is -0.347 e. The minimum absolute atomic E-state index is 0.0282. The first-order chi connectivity index (χ1) is 10.1. The second-order valence-corrected chi connectivity index (χ2v) is 6.57. The van der Waals surface area contributed by atoms with Gasteiger partial charge in [0, 0.05) is 5.38 Å². The van der Waals surface area contributed by atoms with E-state index in [1.165, 1.54) is 0 Å². The van der Waals surface area contributed by atoms with Gasteiger partial charge in [-0.25, -0.2) is 4.98 Å². The number of thiazole rings is 1. The Morgan fingerprint density at radius 3 is 2.81 bits per heavy atom. The number of tetrazole rings is 1. The van der Waals surface area contributed by atoms with Crippen molar-refractivity contribution in [2.24, 2.45) is 0 Å². The summed E-state index contributed by atoms with van der Waals surface area (Å²) in [5, 5.41) is 20.2. The Morgan fingerprint density at radius 1 is 1.48 bits per heavy atom. The smallest absolute Gasteiger partial charge is 0.234 e. The lowest BCUT2D eigenvalue weighted by Crippen LogP contribution is -2.44. The zero-order valence-electron chi connectivity index (χ0n) is 12.1. The first-order valence-electron chi connectivity index (χ1n) is 7.09. The number of amides is 1. The van der Waals surface area contributed by atoms with E-state index in [0.29, 0.717) is 5.82 Å². The number of aromatic amines is 1. The Balaban J connectivity index is 1.79. The zero-order chi connectivity index (χ0) is 14.9. The van der Waals surface area contributed by atoms with Crippen molar-refractivity contribution in [3.63, 3.8) is 0 Å². The predicted molar refractivity (Wildman–Crippen MR) is 77.7 cm³/mol. The Morgan fingerprint density at radius 2 is 2.24 bits per heavy atom. The molecule has 2 heterocycles. The van der Waals surface area contributed by atoms with Crippen molar-refractivity contribution in [2.45, 2.75) is 51.0 Å². The van der Waals surface area contributed by atoms with Crippen LogP contribution in [-0.4, -0.2) is 31.5 Å². The van der Waals surface area contributed by atoms with Crippen molar-refractivity contribution in [1.82, 2.24) is 30.9 Å². The quantitative estimate of drug-likeness (QED) is 0.895. The molecule has 1 aliphatic rings. The van der Waals surface area contributed by atoms with Crippen LogP contribution in [0.1, 0.15) is 55.2 Å². The third-order valence-corrected chi connectivity index (χ3v) is 4.88. The number of carbonyl (C=O) groups excluding carboxylic acids is 1. The van der Waals surface area contributed by atoms with E-state index in [1.807, 2.05) is 19.2 Å². The fraction of sp³-hybridized carbons (Fsp3) is 0.615. The molecule has 0 aromatic carbocycles. The van der Waals surface area contributed by atoms with E-state index in [-0.39, 0.29) is 11.9 Å². The van der Waals surface area contributed by atoms with Crippen molar-refractivity contribution >= 4 is 17.2 Å². The maximum Gasteiger partial charge on any atom is 0.234 e. The van der Waals surface area contributed by atoms with Crippen LogP contribution in [0.15, 0.2) is 5.38 Å². The number of nitrogens with zero attached hydrogens (tertiary/aromatic N) is 4. The molecule has 1 saturated carbocycles. The summed E-state index contributed by atoms with van der Waals surface area (Å²) in [5.41, 5.74) is 0.249. The van der Waals surface area contributed by atoms with Crippen LogP contribution in [0.4, 0.5) is 0 Å². The van der Waals surface area contributed by atoms with Crippen molar-refractivity contribution in [3.8, 4) is 0 Å². The fourth-order valence-electron chi connectivity index (χ4n) is 2.88. The number of nitrogens with one attached hydrogen (secondary N) is 2. The van der Waals surface area contributed by atoms with Gasteiger partial charge in [0.05, 0.1) is 16.7 Å². The molecule has 8 heteroatoms. The number of H-pyrrole nitrogens is 1. The van der Waals surface area contributed by atoms with Crippen molar-refractivity contribution in [2.75, 3.05) is 0 Å². The molecule has 1 amide bonds. The van der Waals surface area contributed by atoms with Crippen LogP contribution >= 0.6 is 11.3 Å². The molecule has 2 aromatic heterocycles. The van der Waals surface area contributed by atoms with E-state index in [4.69, 9.17) is 0 Å². The van der Waals surface area contributed by atoms with E-state index >= 15 is 0 Å². The van der Waals surface area contributed by atoms with E-state index in [9.17, 15) is 4.79 Å². The minimum atomic E-state index is -0.647.